The van der Waals surface area contributed by atoms with Gasteiger partial charge in [0, 0.05) is 11.3 Å². The van der Waals surface area contributed by atoms with Crippen molar-refractivity contribution in [3.05, 3.63) is 15.8 Å². The molecule has 0 amide bonds. The smallest absolute Gasteiger partial charge is 0.349 e. The van der Waals surface area contributed by atoms with E-state index in [1.165, 1.54) is 11.3 Å². The first-order chi connectivity index (χ1) is 7.70. The van der Waals surface area contributed by atoms with Crippen LogP contribution in [0.2, 0.25) is 0 Å². The lowest BCUT2D eigenvalue weighted by molar-refractivity contribution is 0.0693. The molecule has 0 bridgehead atoms. The Kier molecular flexibility index (Phi) is 3.46. The van der Waals surface area contributed by atoms with Crippen molar-refractivity contribution in [3.8, 4) is 5.75 Å². The molecule has 0 radical (unpaired) electrons. The van der Waals surface area contributed by atoms with Gasteiger partial charge >= 0.3 is 5.97 Å². The highest BCUT2D eigenvalue weighted by molar-refractivity contribution is 7.14. The molecule has 0 saturated carbocycles. The molecule has 1 aliphatic rings. The van der Waals surface area contributed by atoms with E-state index < -0.39 is 5.97 Å². The van der Waals surface area contributed by atoms with Crippen LogP contribution in [0.4, 0.5) is 0 Å². The fourth-order valence-corrected chi connectivity index (χ4v) is 2.49. The summed E-state index contributed by atoms with van der Waals surface area (Å²) in [5, 5.41) is 9.05. The van der Waals surface area contributed by atoms with Crippen molar-refractivity contribution >= 4 is 17.3 Å². The third kappa shape index (κ3) is 2.36. The van der Waals surface area contributed by atoms with Gasteiger partial charge in [-0.2, -0.15) is 0 Å². The molecule has 1 unspecified atom stereocenters. The largest absolute Gasteiger partial charge is 0.486 e. The standard InChI is InChI=1S/C11H14O4S/c1-2-8-5-9(10(16-8)11(12)13)15-7-3-4-14-6-7/h5,7H,2-4,6H2,1H3,(H,12,13). The number of ether oxygens (including phenoxy) is 2. The third-order valence-corrected chi connectivity index (χ3v) is 3.72. The van der Waals surface area contributed by atoms with E-state index in [2.05, 4.69) is 0 Å². The Hall–Kier alpha value is -1.07. The molecule has 1 aromatic rings. The van der Waals surface area contributed by atoms with Gasteiger partial charge in [0.05, 0.1) is 13.2 Å². The van der Waals surface area contributed by atoms with Crippen molar-refractivity contribution < 1.29 is 19.4 Å². The van der Waals surface area contributed by atoms with Crippen LogP contribution in [-0.4, -0.2) is 30.4 Å². The fraction of sp³-hybridized carbons (Fsp3) is 0.545. The second-order valence-electron chi connectivity index (χ2n) is 3.67. The summed E-state index contributed by atoms with van der Waals surface area (Å²) in [5.41, 5.74) is 0. The minimum absolute atomic E-state index is 0.00240. The van der Waals surface area contributed by atoms with E-state index in [0.717, 1.165) is 17.7 Å². The van der Waals surface area contributed by atoms with Crippen LogP contribution in [-0.2, 0) is 11.2 Å². The van der Waals surface area contributed by atoms with Crippen LogP contribution in [0.15, 0.2) is 6.07 Å². The molecule has 1 fully saturated rings. The Labute approximate surface area is 97.8 Å². The van der Waals surface area contributed by atoms with Gasteiger partial charge in [0.25, 0.3) is 0 Å². The van der Waals surface area contributed by atoms with Gasteiger partial charge in [-0.1, -0.05) is 6.92 Å². The molecule has 1 aliphatic heterocycles. The molecule has 0 aromatic carbocycles. The van der Waals surface area contributed by atoms with Crippen molar-refractivity contribution in [1.29, 1.82) is 0 Å². The van der Waals surface area contributed by atoms with Crippen LogP contribution >= 0.6 is 11.3 Å². The third-order valence-electron chi connectivity index (χ3n) is 2.47. The van der Waals surface area contributed by atoms with E-state index >= 15 is 0 Å². The minimum atomic E-state index is -0.918. The highest BCUT2D eigenvalue weighted by Gasteiger charge is 2.22. The van der Waals surface area contributed by atoms with E-state index in [-0.39, 0.29) is 6.10 Å². The van der Waals surface area contributed by atoms with Gasteiger partial charge < -0.3 is 14.6 Å². The number of hydrogen-bond acceptors (Lipinski definition) is 4. The molecule has 4 nitrogen and oxygen atoms in total. The number of aromatic carboxylic acids is 1. The molecule has 2 heterocycles. The number of carboxylic acids is 1. The lowest BCUT2D eigenvalue weighted by Gasteiger charge is -2.10. The highest BCUT2D eigenvalue weighted by Crippen LogP contribution is 2.31. The summed E-state index contributed by atoms with van der Waals surface area (Å²) >= 11 is 1.29. The zero-order chi connectivity index (χ0) is 11.5. The molecule has 16 heavy (non-hydrogen) atoms. The van der Waals surface area contributed by atoms with Gasteiger partial charge in [-0.15, -0.1) is 11.3 Å². The summed E-state index contributed by atoms with van der Waals surface area (Å²) in [7, 11) is 0. The lowest BCUT2D eigenvalue weighted by Crippen LogP contribution is -2.16. The molecule has 0 spiro atoms. The summed E-state index contributed by atoms with van der Waals surface area (Å²) in [4.78, 5) is 12.4. The molecule has 2 rings (SSSR count). The molecule has 1 saturated heterocycles. The Morgan fingerprint density at radius 1 is 1.75 bits per heavy atom. The van der Waals surface area contributed by atoms with Gasteiger partial charge in [0.1, 0.15) is 11.9 Å². The Balaban J connectivity index is 2.17. The molecule has 1 aromatic heterocycles. The van der Waals surface area contributed by atoms with Crippen molar-refractivity contribution in [2.75, 3.05) is 13.2 Å². The molecule has 1 atom stereocenters. The lowest BCUT2D eigenvalue weighted by atomic mass is 10.3. The summed E-state index contributed by atoms with van der Waals surface area (Å²) < 4.78 is 10.8. The first kappa shape index (κ1) is 11.4. The van der Waals surface area contributed by atoms with Crippen molar-refractivity contribution in [2.24, 2.45) is 0 Å². The zero-order valence-corrected chi connectivity index (χ0v) is 9.88. The van der Waals surface area contributed by atoms with E-state index in [9.17, 15) is 4.79 Å². The second kappa shape index (κ2) is 4.84. The second-order valence-corrected chi connectivity index (χ2v) is 4.80. The van der Waals surface area contributed by atoms with Crippen LogP contribution in [0.5, 0.6) is 5.75 Å². The zero-order valence-electron chi connectivity index (χ0n) is 9.06. The van der Waals surface area contributed by atoms with Gasteiger partial charge in [0.15, 0.2) is 4.88 Å². The molecule has 5 heteroatoms. The predicted molar refractivity (Wildman–Crippen MR) is 60.5 cm³/mol. The average molecular weight is 242 g/mol. The predicted octanol–water partition coefficient (Wildman–Crippen LogP) is 2.18. The van der Waals surface area contributed by atoms with Gasteiger partial charge in [-0.05, 0) is 12.5 Å². The first-order valence-electron chi connectivity index (χ1n) is 5.31. The first-order valence-corrected chi connectivity index (χ1v) is 6.12. The van der Waals surface area contributed by atoms with Crippen LogP contribution in [0.25, 0.3) is 0 Å². The van der Waals surface area contributed by atoms with Gasteiger partial charge in [-0.3, -0.25) is 0 Å². The quantitative estimate of drug-likeness (QED) is 0.879. The van der Waals surface area contributed by atoms with Crippen LogP contribution in [0.3, 0.4) is 0 Å². The van der Waals surface area contributed by atoms with E-state index in [1.807, 2.05) is 13.0 Å². The average Bonchev–Trinajstić information content (AvgIpc) is 2.87. The number of thiophene rings is 1. The maximum atomic E-state index is 11.0. The van der Waals surface area contributed by atoms with Crippen LogP contribution < -0.4 is 4.74 Å². The van der Waals surface area contributed by atoms with Crippen LogP contribution in [0, 0.1) is 0 Å². The molecule has 88 valence electrons. The van der Waals surface area contributed by atoms with Gasteiger partial charge in [0.2, 0.25) is 0 Å². The SMILES string of the molecule is CCc1cc(OC2CCOC2)c(C(=O)O)s1. The number of carboxylic acid groups (broad SMARTS) is 1. The monoisotopic (exact) mass is 242 g/mol. The summed E-state index contributed by atoms with van der Waals surface area (Å²) in [5.74, 6) is -0.427. The molecule has 1 N–H and O–H groups in total. The number of carbonyl (C=O) groups is 1. The van der Waals surface area contributed by atoms with E-state index in [4.69, 9.17) is 14.6 Å². The molecular formula is C11H14O4S. The maximum Gasteiger partial charge on any atom is 0.349 e. The molecular weight excluding hydrogens is 228 g/mol. The number of rotatable bonds is 4. The summed E-state index contributed by atoms with van der Waals surface area (Å²) in [6.45, 7) is 3.24. The van der Waals surface area contributed by atoms with Crippen molar-refractivity contribution in [1.82, 2.24) is 0 Å². The molecule has 0 aliphatic carbocycles. The van der Waals surface area contributed by atoms with Crippen molar-refractivity contribution in [3.63, 3.8) is 0 Å². The Bertz CT molecular complexity index is 379. The fourth-order valence-electron chi connectivity index (χ4n) is 1.62. The van der Waals surface area contributed by atoms with E-state index in [0.29, 0.717) is 23.8 Å². The Morgan fingerprint density at radius 3 is 3.12 bits per heavy atom. The normalized spacial score (nSPS) is 19.9. The van der Waals surface area contributed by atoms with Crippen LogP contribution in [0.1, 0.15) is 27.9 Å². The number of hydrogen-bond donors (Lipinski definition) is 1. The summed E-state index contributed by atoms with van der Waals surface area (Å²) in [6.07, 6.45) is 1.66. The topological polar surface area (TPSA) is 55.8 Å². The maximum absolute atomic E-state index is 11.0. The minimum Gasteiger partial charge on any atom is -0.486 e. The Morgan fingerprint density at radius 2 is 2.56 bits per heavy atom. The number of aryl methyl sites for hydroxylation is 1. The summed E-state index contributed by atoms with van der Waals surface area (Å²) in [6, 6.07) is 1.83. The van der Waals surface area contributed by atoms with E-state index in [1.54, 1.807) is 0 Å². The highest BCUT2D eigenvalue weighted by atomic mass is 32.1. The van der Waals surface area contributed by atoms with Gasteiger partial charge in [-0.25, -0.2) is 4.79 Å². The van der Waals surface area contributed by atoms with Crippen molar-refractivity contribution in [2.45, 2.75) is 25.9 Å².